The van der Waals surface area contributed by atoms with Crippen LogP contribution >= 0.6 is 0 Å². The second-order valence-corrected chi connectivity index (χ2v) is 7.48. The van der Waals surface area contributed by atoms with Gasteiger partial charge in [-0.25, -0.2) is 0 Å². The summed E-state index contributed by atoms with van der Waals surface area (Å²) in [4.78, 5) is 29.9. The van der Waals surface area contributed by atoms with Crippen LogP contribution in [0, 0.1) is 13.8 Å². The summed E-state index contributed by atoms with van der Waals surface area (Å²) in [6, 6.07) is 14.3. The second-order valence-electron chi connectivity index (χ2n) is 7.48. The van der Waals surface area contributed by atoms with Gasteiger partial charge in [-0.3, -0.25) is 9.59 Å². The molecular formula is C23H24N2O2. The van der Waals surface area contributed by atoms with E-state index in [0.717, 1.165) is 29.4 Å². The minimum absolute atomic E-state index is 0.0949. The maximum atomic E-state index is 12.7. The number of rotatable bonds is 3. The van der Waals surface area contributed by atoms with Gasteiger partial charge in [0.25, 0.3) is 5.56 Å². The van der Waals surface area contributed by atoms with Gasteiger partial charge in [0.15, 0.2) is 0 Å². The monoisotopic (exact) mass is 360 g/mol. The molecule has 1 N–H and O–H groups in total. The fraction of sp³-hybridized carbons (Fsp3) is 0.304. The Morgan fingerprint density at radius 2 is 1.81 bits per heavy atom. The van der Waals surface area contributed by atoms with E-state index < -0.39 is 0 Å². The summed E-state index contributed by atoms with van der Waals surface area (Å²) in [5, 5.41) is 1.02. The first-order chi connectivity index (χ1) is 13.0. The molecule has 27 heavy (non-hydrogen) atoms. The van der Waals surface area contributed by atoms with Crippen LogP contribution in [0.15, 0.2) is 47.3 Å². The van der Waals surface area contributed by atoms with E-state index in [4.69, 9.17) is 0 Å². The molecule has 0 spiro atoms. The molecule has 1 aliphatic rings. The molecule has 1 aliphatic heterocycles. The molecule has 0 atom stereocenters. The van der Waals surface area contributed by atoms with Gasteiger partial charge in [0.1, 0.15) is 0 Å². The van der Waals surface area contributed by atoms with E-state index in [1.807, 2.05) is 36.1 Å². The topological polar surface area (TPSA) is 53.2 Å². The molecule has 0 saturated heterocycles. The van der Waals surface area contributed by atoms with Gasteiger partial charge in [0, 0.05) is 30.6 Å². The van der Waals surface area contributed by atoms with Crippen molar-refractivity contribution in [2.75, 3.05) is 6.54 Å². The van der Waals surface area contributed by atoms with Crippen molar-refractivity contribution in [1.29, 1.82) is 0 Å². The largest absolute Gasteiger partial charge is 0.338 e. The lowest BCUT2D eigenvalue weighted by atomic mass is 9.99. The van der Waals surface area contributed by atoms with Crippen LogP contribution in [0.3, 0.4) is 0 Å². The van der Waals surface area contributed by atoms with E-state index in [9.17, 15) is 9.59 Å². The van der Waals surface area contributed by atoms with Crippen LogP contribution in [-0.2, 0) is 24.2 Å². The van der Waals surface area contributed by atoms with Crippen molar-refractivity contribution in [3.05, 3.63) is 80.6 Å². The van der Waals surface area contributed by atoms with Gasteiger partial charge in [0.05, 0.1) is 0 Å². The summed E-state index contributed by atoms with van der Waals surface area (Å²) in [6.45, 7) is 5.53. The van der Waals surface area contributed by atoms with E-state index in [1.54, 1.807) is 0 Å². The van der Waals surface area contributed by atoms with E-state index in [0.29, 0.717) is 24.9 Å². The second kappa shape index (κ2) is 7.03. The van der Waals surface area contributed by atoms with Crippen LogP contribution in [0.4, 0.5) is 0 Å². The molecule has 0 aliphatic carbocycles. The van der Waals surface area contributed by atoms with E-state index in [2.05, 4.69) is 30.1 Å². The van der Waals surface area contributed by atoms with Gasteiger partial charge in [-0.1, -0.05) is 24.3 Å². The number of aromatic amines is 1. The first-order valence-electron chi connectivity index (χ1n) is 9.49. The first kappa shape index (κ1) is 17.5. The predicted octanol–water partition coefficient (Wildman–Crippen LogP) is 3.66. The Labute approximate surface area is 158 Å². The minimum Gasteiger partial charge on any atom is -0.338 e. The lowest BCUT2D eigenvalue weighted by Crippen LogP contribution is -2.36. The number of H-pyrrole nitrogens is 1. The van der Waals surface area contributed by atoms with Crippen LogP contribution in [0.25, 0.3) is 10.9 Å². The highest BCUT2D eigenvalue weighted by atomic mass is 16.2. The van der Waals surface area contributed by atoms with E-state index >= 15 is 0 Å². The standard InChI is InChI=1S/C23H24N2O2/c1-15-11-20-13-18(23(27)24-21(20)12-16(15)2)7-8-22(26)25-10-9-17-5-3-4-6-19(17)14-25/h3-6,11-13H,7-10,14H2,1-2H3,(H,24,27). The van der Waals surface area contributed by atoms with Gasteiger partial charge in [-0.05, 0) is 72.5 Å². The molecule has 1 amide bonds. The molecule has 4 rings (SSSR count). The third-order valence-electron chi connectivity index (χ3n) is 5.63. The highest BCUT2D eigenvalue weighted by Crippen LogP contribution is 2.20. The SMILES string of the molecule is Cc1cc2cc(CCC(=O)N3CCc4ccccc4C3)c(=O)[nH]c2cc1C. The summed E-state index contributed by atoms with van der Waals surface area (Å²) in [6.07, 6.45) is 1.73. The van der Waals surface area contributed by atoms with Crippen molar-refractivity contribution in [2.45, 2.75) is 39.7 Å². The number of carbonyl (C=O) groups excluding carboxylic acids is 1. The summed E-state index contributed by atoms with van der Waals surface area (Å²) >= 11 is 0. The fourth-order valence-electron chi connectivity index (χ4n) is 3.82. The number of aryl methyl sites for hydroxylation is 3. The average molecular weight is 360 g/mol. The Morgan fingerprint density at radius 3 is 2.63 bits per heavy atom. The lowest BCUT2D eigenvalue weighted by Gasteiger charge is -2.29. The minimum atomic E-state index is -0.0949. The van der Waals surface area contributed by atoms with Crippen LogP contribution in [0.5, 0.6) is 0 Å². The molecule has 0 bridgehead atoms. The summed E-state index contributed by atoms with van der Waals surface area (Å²) in [5.74, 6) is 0.115. The van der Waals surface area contributed by atoms with Gasteiger partial charge in [-0.2, -0.15) is 0 Å². The van der Waals surface area contributed by atoms with Crippen LogP contribution < -0.4 is 5.56 Å². The fourth-order valence-corrected chi connectivity index (χ4v) is 3.82. The molecule has 1 aromatic heterocycles. The molecule has 0 fully saturated rings. The normalized spacial score (nSPS) is 13.6. The predicted molar refractivity (Wildman–Crippen MR) is 108 cm³/mol. The van der Waals surface area contributed by atoms with Crippen molar-refractivity contribution >= 4 is 16.8 Å². The Hall–Kier alpha value is -2.88. The zero-order valence-corrected chi connectivity index (χ0v) is 15.8. The number of pyridine rings is 1. The number of hydrogen-bond donors (Lipinski definition) is 1. The van der Waals surface area contributed by atoms with Crippen molar-refractivity contribution in [2.24, 2.45) is 0 Å². The number of nitrogens with one attached hydrogen (secondary N) is 1. The number of hydrogen-bond acceptors (Lipinski definition) is 2. The molecular weight excluding hydrogens is 336 g/mol. The maximum absolute atomic E-state index is 12.7. The molecule has 4 heteroatoms. The van der Waals surface area contributed by atoms with Crippen molar-refractivity contribution in [3.63, 3.8) is 0 Å². The highest BCUT2D eigenvalue weighted by Gasteiger charge is 2.20. The van der Waals surface area contributed by atoms with Gasteiger partial charge in [0.2, 0.25) is 5.91 Å². The lowest BCUT2D eigenvalue weighted by molar-refractivity contribution is -0.132. The molecule has 0 unspecified atom stereocenters. The molecule has 4 nitrogen and oxygen atoms in total. The first-order valence-corrected chi connectivity index (χ1v) is 9.49. The number of fused-ring (bicyclic) bond motifs is 2. The Kier molecular flexibility index (Phi) is 4.56. The maximum Gasteiger partial charge on any atom is 0.251 e. The molecule has 0 radical (unpaired) electrons. The zero-order valence-electron chi connectivity index (χ0n) is 15.8. The van der Waals surface area contributed by atoms with E-state index in [1.165, 1.54) is 16.7 Å². The molecule has 0 saturated carbocycles. The third kappa shape index (κ3) is 3.52. The number of aromatic nitrogens is 1. The van der Waals surface area contributed by atoms with Crippen LogP contribution in [0.2, 0.25) is 0 Å². The molecule has 3 aromatic rings. The summed E-state index contributed by atoms with van der Waals surface area (Å²) < 4.78 is 0. The summed E-state index contributed by atoms with van der Waals surface area (Å²) in [5.41, 5.74) is 6.35. The van der Waals surface area contributed by atoms with Gasteiger partial charge in [-0.15, -0.1) is 0 Å². The Bertz CT molecular complexity index is 1080. The molecule has 138 valence electrons. The van der Waals surface area contributed by atoms with Gasteiger partial charge >= 0.3 is 0 Å². The Balaban J connectivity index is 1.48. The smallest absolute Gasteiger partial charge is 0.251 e. The van der Waals surface area contributed by atoms with Crippen LogP contribution in [0.1, 0.15) is 34.2 Å². The van der Waals surface area contributed by atoms with E-state index in [-0.39, 0.29) is 11.5 Å². The Morgan fingerprint density at radius 1 is 1.07 bits per heavy atom. The van der Waals surface area contributed by atoms with Crippen molar-refractivity contribution in [3.8, 4) is 0 Å². The molecule has 2 heterocycles. The number of nitrogens with zero attached hydrogens (tertiary/aromatic N) is 1. The third-order valence-corrected chi connectivity index (χ3v) is 5.63. The van der Waals surface area contributed by atoms with Crippen molar-refractivity contribution in [1.82, 2.24) is 9.88 Å². The summed E-state index contributed by atoms with van der Waals surface area (Å²) in [7, 11) is 0. The average Bonchev–Trinajstić information content (AvgIpc) is 2.67. The van der Waals surface area contributed by atoms with Crippen LogP contribution in [-0.4, -0.2) is 22.3 Å². The number of amides is 1. The molecule has 2 aromatic carbocycles. The van der Waals surface area contributed by atoms with Crippen molar-refractivity contribution < 1.29 is 4.79 Å². The highest BCUT2D eigenvalue weighted by molar-refractivity contribution is 5.81. The quantitative estimate of drug-likeness (QED) is 0.775. The number of benzene rings is 2. The zero-order chi connectivity index (χ0) is 19.0. The number of carbonyl (C=O) groups is 1. The van der Waals surface area contributed by atoms with Gasteiger partial charge < -0.3 is 9.88 Å².